The monoisotopic (exact) mass is 253 g/mol. The van der Waals surface area contributed by atoms with Crippen LogP contribution in [0.15, 0.2) is 54.6 Å². The summed E-state index contributed by atoms with van der Waals surface area (Å²) in [5.41, 5.74) is 3.11. The number of carbonyl (C=O) groups is 1. The second kappa shape index (κ2) is 6.74. The van der Waals surface area contributed by atoms with E-state index in [-0.39, 0.29) is 0 Å². The van der Waals surface area contributed by atoms with Crippen molar-refractivity contribution in [1.82, 2.24) is 0 Å². The van der Waals surface area contributed by atoms with E-state index < -0.39 is 0 Å². The molecule has 2 heteroatoms. The number of anilines is 1. The molecule has 0 aliphatic rings. The number of aldehydes is 1. The smallest absolute Gasteiger partial charge is 0.150 e. The molecule has 98 valence electrons. The molecule has 2 aromatic carbocycles. The number of hydrogen-bond donors (Lipinski definition) is 1. The van der Waals surface area contributed by atoms with Crippen molar-refractivity contribution in [3.8, 4) is 0 Å². The zero-order valence-electron chi connectivity index (χ0n) is 11.2. The lowest BCUT2D eigenvalue weighted by Gasteiger charge is -2.18. The highest BCUT2D eigenvalue weighted by molar-refractivity contribution is 5.75. The largest absolute Gasteiger partial charge is 0.382 e. The van der Waals surface area contributed by atoms with Gasteiger partial charge in [-0.15, -0.1) is 0 Å². The molecule has 0 heterocycles. The third-order valence-corrected chi connectivity index (χ3v) is 3.24. The number of benzene rings is 2. The van der Waals surface area contributed by atoms with Gasteiger partial charge < -0.3 is 5.32 Å². The first-order valence-corrected chi connectivity index (χ1v) is 6.67. The molecule has 0 saturated heterocycles. The van der Waals surface area contributed by atoms with Gasteiger partial charge in [0.2, 0.25) is 0 Å². The zero-order chi connectivity index (χ0) is 13.5. The minimum Gasteiger partial charge on any atom is -0.382 e. The summed E-state index contributed by atoms with van der Waals surface area (Å²) in [6.07, 6.45) is 2.93. The molecule has 0 amide bonds. The second-order valence-corrected chi connectivity index (χ2v) is 4.68. The highest BCUT2D eigenvalue weighted by Gasteiger charge is 2.07. The average Bonchev–Trinajstić information content (AvgIpc) is 2.48. The van der Waals surface area contributed by atoms with Crippen LogP contribution in [0.2, 0.25) is 0 Å². The Morgan fingerprint density at radius 3 is 2.32 bits per heavy atom. The van der Waals surface area contributed by atoms with E-state index in [1.54, 1.807) is 0 Å². The maximum Gasteiger partial charge on any atom is 0.150 e. The lowest BCUT2D eigenvalue weighted by Crippen LogP contribution is -2.21. The molecule has 0 radical (unpaired) electrons. The lowest BCUT2D eigenvalue weighted by molar-refractivity contribution is 0.112. The first kappa shape index (κ1) is 13.3. The summed E-state index contributed by atoms with van der Waals surface area (Å²) in [5.74, 6) is 0. The fraction of sp³-hybridized carbons (Fsp3) is 0.235. The van der Waals surface area contributed by atoms with Crippen LogP contribution in [0.25, 0.3) is 0 Å². The Kier molecular flexibility index (Phi) is 4.73. The van der Waals surface area contributed by atoms with Crippen molar-refractivity contribution < 1.29 is 4.79 Å². The van der Waals surface area contributed by atoms with Crippen LogP contribution in [0.3, 0.4) is 0 Å². The predicted octanol–water partition coefficient (Wildman–Crippen LogP) is 3.93. The van der Waals surface area contributed by atoms with Gasteiger partial charge in [0, 0.05) is 17.3 Å². The summed E-state index contributed by atoms with van der Waals surface area (Å²) in [6.45, 7) is 2.18. The Labute approximate surface area is 114 Å². The molecule has 0 saturated carbocycles. The molecular formula is C17H19NO. The maximum atomic E-state index is 10.6. The van der Waals surface area contributed by atoms with Gasteiger partial charge in [-0.2, -0.15) is 0 Å². The Hall–Kier alpha value is -2.09. The zero-order valence-corrected chi connectivity index (χ0v) is 11.2. The average molecular weight is 253 g/mol. The third kappa shape index (κ3) is 3.95. The quantitative estimate of drug-likeness (QED) is 0.790. The lowest BCUT2D eigenvalue weighted by atomic mass is 10.0. The number of rotatable bonds is 6. The molecule has 2 aromatic rings. The van der Waals surface area contributed by atoms with Crippen LogP contribution in [-0.4, -0.2) is 12.3 Å². The predicted molar refractivity (Wildman–Crippen MR) is 79.7 cm³/mol. The second-order valence-electron chi connectivity index (χ2n) is 4.68. The van der Waals surface area contributed by atoms with Gasteiger partial charge in [-0.05, 0) is 42.7 Å². The summed E-state index contributed by atoms with van der Waals surface area (Å²) in [7, 11) is 0. The van der Waals surface area contributed by atoms with E-state index in [9.17, 15) is 4.79 Å². The SMILES string of the molecule is CCC(Cc1ccccc1)Nc1ccc(C=O)cc1. The first-order valence-electron chi connectivity index (χ1n) is 6.67. The Morgan fingerprint density at radius 1 is 1.05 bits per heavy atom. The van der Waals surface area contributed by atoms with Gasteiger partial charge in [0.05, 0.1) is 0 Å². The van der Waals surface area contributed by atoms with Crippen molar-refractivity contribution >= 4 is 12.0 Å². The van der Waals surface area contributed by atoms with E-state index in [1.165, 1.54) is 5.56 Å². The van der Waals surface area contributed by atoms with Crippen molar-refractivity contribution in [1.29, 1.82) is 0 Å². The molecule has 0 aliphatic carbocycles. The van der Waals surface area contributed by atoms with Crippen LogP contribution in [0.5, 0.6) is 0 Å². The third-order valence-electron chi connectivity index (χ3n) is 3.24. The van der Waals surface area contributed by atoms with E-state index in [1.807, 2.05) is 30.3 Å². The highest BCUT2D eigenvalue weighted by atomic mass is 16.1. The van der Waals surface area contributed by atoms with Gasteiger partial charge >= 0.3 is 0 Å². The van der Waals surface area contributed by atoms with E-state index in [0.29, 0.717) is 11.6 Å². The van der Waals surface area contributed by atoms with Gasteiger partial charge in [-0.25, -0.2) is 0 Å². The van der Waals surface area contributed by atoms with E-state index in [0.717, 1.165) is 24.8 Å². The molecule has 19 heavy (non-hydrogen) atoms. The summed E-state index contributed by atoms with van der Waals surface area (Å²) in [6, 6.07) is 18.5. The van der Waals surface area contributed by atoms with Gasteiger partial charge in [-0.3, -0.25) is 4.79 Å². The van der Waals surface area contributed by atoms with Crippen LogP contribution in [0, 0.1) is 0 Å². The van der Waals surface area contributed by atoms with Crippen LogP contribution in [0.1, 0.15) is 29.3 Å². The summed E-state index contributed by atoms with van der Waals surface area (Å²) >= 11 is 0. The van der Waals surface area contributed by atoms with Crippen molar-refractivity contribution in [3.63, 3.8) is 0 Å². The Balaban J connectivity index is 2.00. The minimum absolute atomic E-state index is 0.407. The van der Waals surface area contributed by atoms with E-state index in [2.05, 4.69) is 36.5 Å². The van der Waals surface area contributed by atoms with Gasteiger partial charge in [0.15, 0.2) is 0 Å². The molecule has 1 N–H and O–H groups in total. The Bertz CT molecular complexity index is 505. The van der Waals surface area contributed by atoms with Crippen molar-refractivity contribution in [3.05, 3.63) is 65.7 Å². The molecule has 1 atom stereocenters. The van der Waals surface area contributed by atoms with Crippen molar-refractivity contribution in [2.45, 2.75) is 25.8 Å². The van der Waals surface area contributed by atoms with Crippen molar-refractivity contribution in [2.24, 2.45) is 0 Å². The summed E-state index contributed by atoms with van der Waals surface area (Å²) in [4.78, 5) is 10.6. The molecule has 0 fully saturated rings. The molecule has 2 rings (SSSR count). The number of carbonyl (C=O) groups excluding carboxylic acids is 1. The van der Waals surface area contributed by atoms with Gasteiger partial charge in [0.25, 0.3) is 0 Å². The first-order chi connectivity index (χ1) is 9.31. The minimum atomic E-state index is 0.407. The van der Waals surface area contributed by atoms with Gasteiger partial charge in [0.1, 0.15) is 6.29 Å². The van der Waals surface area contributed by atoms with Crippen molar-refractivity contribution in [2.75, 3.05) is 5.32 Å². The van der Waals surface area contributed by atoms with E-state index in [4.69, 9.17) is 0 Å². The molecule has 0 bridgehead atoms. The molecular weight excluding hydrogens is 234 g/mol. The number of nitrogens with one attached hydrogen (secondary N) is 1. The van der Waals surface area contributed by atoms with Gasteiger partial charge in [-0.1, -0.05) is 37.3 Å². The standard InChI is InChI=1S/C17H19NO/c1-2-16(12-14-6-4-3-5-7-14)18-17-10-8-15(13-19)9-11-17/h3-11,13,16,18H,2,12H2,1H3. The molecule has 0 spiro atoms. The molecule has 2 nitrogen and oxygen atoms in total. The molecule has 1 unspecified atom stereocenters. The number of hydrogen-bond acceptors (Lipinski definition) is 2. The summed E-state index contributed by atoms with van der Waals surface area (Å²) < 4.78 is 0. The fourth-order valence-corrected chi connectivity index (χ4v) is 2.09. The molecule has 0 aromatic heterocycles. The molecule has 0 aliphatic heterocycles. The van der Waals surface area contributed by atoms with Crippen LogP contribution >= 0.6 is 0 Å². The highest BCUT2D eigenvalue weighted by Crippen LogP contribution is 2.14. The van der Waals surface area contributed by atoms with E-state index >= 15 is 0 Å². The normalized spacial score (nSPS) is 11.8. The maximum absolute atomic E-state index is 10.6. The summed E-state index contributed by atoms with van der Waals surface area (Å²) in [5, 5.41) is 3.51. The topological polar surface area (TPSA) is 29.1 Å². The fourth-order valence-electron chi connectivity index (χ4n) is 2.09. The Morgan fingerprint density at radius 2 is 1.74 bits per heavy atom. The van der Waals surface area contributed by atoms with Crippen LogP contribution in [0.4, 0.5) is 5.69 Å². The van der Waals surface area contributed by atoms with Crippen LogP contribution in [-0.2, 0) is 6.42 Å². The van der Waals surface area contributed by atoms with Crippen LogP contribution < -0.4 is 5.32 Å².